The van der Waals surface area contributed by atoms with Crippen LogP contribution in [0, 0.1) is 0 Å². The van der Waals surface area contributed by atoms with Gasteiger partial charge in [0, 0.05) is 31.1 Å². The molecule has 0 saturated carbocycles. The summed E-state index contributed by atoms with van der Waals surface area (Å²) in [7, 11) is 1.62. The molecule has 0 bridgehead atoms. The summed E-state index contributed by atoms with van der Waals surface area (Å²) in [5, 5.41) is 0. The minimum atomic E-state index is -0.0787. The van der Waals surface area contributed by atoms with Crippen molar-refractivity contribution in [1.29, 1.82) is 0 Å². The summed E-state index contributed by atoms with van der Waals surface area (Å²) >= 11 is 0. The second kappa shape index (κ2) is 7.40. The largest absolute Gasteiger partial charge is 0.399 e. The number of anilines is 1. The minimum absolute atomic E-state index is 0.0787. The normalized spacial score (nSPS) is 10.3. The van der Waals surface area contributed by atoms with E-state index in [1.54, 1.807) is 42.5 Å². The summed E-state index contributed by atoms with van der Waals surface area (Å²) in [6.45, 7) is 1.42. The zero-order valence-corrected chi connectivity index (χ0v) is 12.0. The quantitative estimate of drug-likeness (QED) is 0.824. The number of ether oxygens (including phenoxy) is 1. The van der Waals surface area contributed by atoms with Gasteiger partial charge in [-0.05, 0) is 30.3 Å². The number of carbonyl (C=O) groups excluding carboxylic acids is 1. The van der Waals surface area contributed by atoms with Crippen molar-refractivity contribution < 1.29 is 9.53 Å². The lowest BCUT2D eigenvalue weighted by molar-refractivity contribution is 0.0678. The van der Waals surface area contributed by atoms with Gasteiger partial charge in [-0.15, -0.1) is 0 Å². The van der Waals surface area contributed by atoms with Crippen LogP contribution in [0.4, 0.5) is 5.69 Å². The SMILES string of the molecule is COCCN(Cc1ccccn1)C(=O)c1cccc(N)c1. The number of benzene rings is 1. The van der Waals surface area contributed by atoms with Crippen molar-refractivity contribution in [2.24, 2.45) is 0 Å². The summed E-state index contributed by atoms with van der Waals surface area (Å²) in [5.74, 6) is -0.0787. The first-order valence-corrected chi connectivity index (χ1v) is 6.74. The number of pyridine rings is 1. The summed E-state index contributed by atoms with van der Waals surface area (Å²) < 4.78 is 5.08. The van der Waals surface area contributed by atoms with Crippen molar-refractivity contribution in [1.82, 2.24) is 9.88 Å². The van der Waals surface area contributed by atoms with Crippen molar-refractivity contribution >= 4 is 11.6 Å². The molecular formula is C16H19N3O2. The highest BCUT2D eigenvalue weighted by molar-refractivity contribution is 5.95. The number of aromatic nitrogens is 1. The maximum Gasteiger partial charge on any atom is 0.254 e. The van der Waals surface area contributed by atoms with Crippen LogP contribution >= 0.6 is 0 Å². The third-order valence-corrected chi connectivity index (χ3v) is 3.07. The number of hydrogen-bond donors (Lipinski definition) is 1. The first-order valence-electron chi connectivity index (χ1n) is 6.74. The summed E-state index contributed by atoms with van der Waals surface area (Å²) in [6.07, 6.45) is 1.72. The number of hydrogen-bond acceptors (Lipinski definition) is 4. The van der Waals surface area contributed by atoms with Gasteiger partial charge in [0.25, 0.3) is 5.91 Å². The lowest BCUT2D eigenvalue weighted by Crippen LogP contribution is -2.33. The van der Waals surface area contributed by atoms with Crippen LogP contribution in [0.2, 0.25) is 0 Å². The molecule has 5 heteroatoms. The summed E-state index contributed by atoms with van der Waals surface area (Å²) in [6, 6.07) is 12.6. The second-order valence-electron chi connectivity index (χ2n) is 4.67. The first kappa shape index (κ1) is 15.0. The Morgan fingerprint density at radius 3 is 2.81 bits per heavy atom. The monoisotopic (exact) mass is 285 g/mol. The van der Waals surface area contributed by atoms with Crippen LogP contribution in [0.25, 0.3) is 0 Å². The molecule has 0 saturated heterocycles. The number of nitrogens with zero attached hydrogens (tertiary/aromatic N) is 2. The van der Waals surface area contributed by atoms with Crippen molar-refractivity contribution in [2.45, 2.75) is 6.54 Å². The molecule has 0 aliphatic carbocycles. The fourth-order valence-electron chi connectivity index (χ4n) is 2.00. The molecule has 1 aromatic carbocycles. The van der Waals surface area contributed by atoms with Crippen molar-refractivity contribution in [3.05, 3.63) is 59.9 Å². The molecule has 0 aliphatic rings. The van der Waals surface area contributed by atoms with E-state index in [-0.39, 0.29) is 5.91 Å². The third-order valence-electron chi connectivity index (χ3n) is 3.07. The first-order chi connectivity index (χ1) is 10.2. The Hall–Kier alpha value is -2.40. The van der Waals surface area contributed by atoms with Gasteiger partial charge in [0.15, 0.2) is 0 Å². The predicted molar refractivity (Wildman–Crippen MR) is 81.7 cm³/mol. The molecule has 2 rings (SSSR count). The number of nitrogens with two attached hydrogens (primary N) is 1. The van der Waals surface area contributed by atoms with Crippen LogP contribution in [0.15, 0.2) is 48.7 Å². The molecular weight excluding hydrogens is 266 g/mol. The van der Waals surface area contributed by atoms with Crippen LogP contribution < -0.4 is 5.73 Å². The molecule has 0 atom stereocenters. The third kappa shape index (κ3) is 4.29. The van der Waals surface area contributed by atoms with Crippen LogP contribution in [0.3, 0.4) is 0 Å². The lowest BCUT2D eigenvalue weighted by Gasteiger charge is -2.22. The van der Waals surface area contributed by atoms with Crippen LogP contribution in [-0.2, 0) is 11.3 Å². The molecule has 1 heterocycles. The molecule has 0 fully saturated rings. The number of methoxy groups -OCH3 is 1. The van der Waals surface area contributed by atoms with Crippen molar-refractivity contribution in [3.8, 4) is 0 Å². The van der Waals surface area contributed by atoms with Crippen LogP contribution in [-0.4, -0.2) is 36.1 Å². The molecule has 0 aliphatic heterocycles. The molecule has 21 heavy (non-hydrogen) atoms. The van der Waals surface area contributed by atoms with E-state index < -0.39 is 0 Å². The number of amides is 1. The topological polar surface area (TPSA) is 68.5 Å². The predicted octanol–water partition coefficient (Wildman–Crippen LogP) is 1.95. The fourth-order valence-corrected chi connectivity index (χ4v) is 2.00. The number of nitrogen functional groups attached to an aromatic ring is 1. The maximum atomic E-state index is 12.6. The highest BCUT2D eigenvalue weighted by Crippen LogP contribution is 2.12. The lowest BCUT2D eigenvalue weighted by atomic mass is 10.1. The molecule has 110 valence electrons. The van der Waals surface area contributed by atoms with E-state index in [4.69, 9.17) is 10.5 Å². The van der Waals surface area contributed by atoms with E-state index in [0.717, 1.165) is 5.69 Å². The van der Waals surface area contributed by atoms with Gasteiger partial charge >= 0.3 is 0 Å². The highest BCUT2D eigenvalue weighted by atomic mass is 16.5. The molecule has 5 nitrogen and oxygen atoms in total. The van der Waals surface area contributed by atoms with E-state index in [2.05, 4.69) is 4.98 Å². The van der Waals surface area contributed by atoms with Gasteiger partial charge in [0.05, 0.1) is 18.8 Å². The average molecular weight is 285 g/mol. The fraction of sp³-hybridized carbons (Fsp3) is 0.250. The smallest absolute Gasteiger partial charge is 0.254 e. The Morgan fingerprint density at radius 2 is 2.14 bits per heavy atom. The van der Waals surface area contributed by atoms with E-state index >= 15 is 0 Å². The zero-order chi connectivity index (χ0) is 15.1. The maximum absolute atomic E-state index is 12.6. The Balaban J connectivity index is 2.17. The summed E-state index contributed by atoms with van der Waals surface area (Å²) in [4.78, 5) is 18.6. The second-order valence-corrected chi connectivity index (χ2v) is 4.67. The van der Waals surface area contributed by atoms with Crippen molar-refractivity contribution in [3.63, 3.8) is 0 Å². The van der Waals surface area contributed by atoms with Gasteiger partial charge in [0.2, 0.25) is 0 Å². The molecule has 0 radical (unpaired) electrons. The molecule has 0 spiro atoms. The molecule has 2 N–H and O–H groups in total. The zero-order valence-electron chi connectivity index (χ0n) is 12.0. The molecule has 2 aromatic rings. The Morgan fingerprint density at radius 1 is 1.29 bits per heavy atom. The van der Waals surface area contributed by atoms with Gasteiger partial charge in [0.1, 0.15) is 0 Å². The molecule has 0 unspecified atom stereocenters. The summed E-state index contributed by atoms with van der Waals surface area (Å²) in [5.41, 5.74) is 7.73. The van der Waals surface area contributed by atoms with Gasteiger partial charge in [-0.1, -0.05) is 12.1 Å². The molecule has 1 amide bonds. The van der Waals surface area contributed by atoms with E-state index in [0.29, 0.717) is 30.9 Å². The van der Waals surface area contributed by atoms with Crippen molar-refractivity contribution in [2.75, 3.05) is 26.0 Å². The van der Waals surface area contributed by atoms with Gasteiger partial charge in [-0.2, -0.15) is 0 Å². The Labute approximate surface area is 124 Å². The number of carbonyl (C=O) groups is 1. The van der Waals surface area contributed by atoms with E-state index in [1.165, 1.54) is 0 Å². The van der Waals surface area contributed by atoms with E-state index in [9.17, 15) is 4.79 Å². The van der Waals surface area contributed by atoms with Crippen LogP contribution in [0.5, 0.6) is 0 Å². The van der Waals surface area contributed by atoms with Gasteiger partial charge in [-0.3, -0.25) is 9.78 Å². The van der Waals surface area contributed by atoms with Crippen LogP contribution in [0.1, 0.15) is 16.1 Å². The molecule has 1 aromatic heterocycles. The average Bonchev–Trinajstić information content (AvgIpc) is 2.51. The Bertz CT molecular complexity index is 587. The minimum Gasteiger partial charge on any atom is -0.399 e. The highest BCUT2D eigenvalue weighted by Gasteiger charge is 2.16. The Kier molecular flexibility index (Phi) is 5.29. The number of rotatable bonds is 6. The van der Waals surface area contributed by atoms with E-state index in [1.807, 2.05) is 18.2 Å². The van der Waals surface area contributed by atoms with Gasteiger partial charge in [-0.25, -0.2) is 0 Å². The standard InChI is InChI=1S/C16H19N3O2/c1-21-10-9-19(12-15-7-2-3-8-18-15)16(20)13-5-4-6-14(17)11-13/h2-8,11H,9-10,12,17H2,1H3. The van der Waals surface area contributed by atoms with Gasteiger partial charge < -0.3 is 15.4 Å².